The molecule has 5 heteroatoms. The van der Waals surface area contributed by atoms with E-state index in [0.717, 1.165) is 5.56 Å². The lowest BCUT2D eigenvalue weighted by molar-refractivity contribution is -0.161. The summed E-state index contributed by atoms with van der Waals surface area (Å²) >= 11 is 12.0. The summed E-state index contributed by atoms with van der Waals surface area (Å²) in [6, 6.07) is 11.5. The van der Waals surface area contributed by atoms with Crippen LogP contribution in [0.3, 0.4) is 0 Å². The van der Waals surface area contributed by atoms with Gasteiger partial charge in [-0.1, -0.05) is 54.4 Å². The highest BCUT2D eigenvalue weighted by molar-refractivity contribution is 6.31. The molecule has 122 valence electrons. The molecule has 1 atom stereocenters. The average Bonchev–Trinajstić information content (AvgIpc) is 2.55. The fourth-order valence-corrected chi connectivity index (χ4v) is 2.78. The number of aryl methyl sites for hydroxylation is 1. The Balaban J connectivity index is 2.62. The second kappa shape index (κ2) is 7.35. The molecule has 1 N–H and O–H groups in total. The summed E-state index contributed by atoms with van der Waals surface area (Å²) in [5.74, 6) is -0.730. The van der Waals surface area contributed by atoms with Crippen LogP contribution in [-0.2, 0) is 21.6 Å². The standard InChI is InChI=1S/C18H18Cl2O3/c1-3-12-11-14(7-10-16(12)20)18(22,17(21)23-4-2)13-5-8-15(19)9-6-13/h5-11,22H,3-4H2,1-2H3. The van der Waals surface area contributed by atoms with Crippen LogP contribution in [0.4, 0.5) is 0 Å². The van der Waals surface area contributed by atoms with E-state index < -0.39 is 11.6 Å². The number of ether oxygens (including phenoxy) is 1. The Morgan fingerprint density at radius 3 is 2.26 bits per heavy atom. The van der Waals surface area contributed by atoms with Crippen molar-refractivity contribution in [2.24, 2.45) is 0 Å². The fraction of sp³-hybridized carbons (Fsp3) is 0.278. The lowest BCUT2D eigenvalue weighted by Gasteiger charge is -2.27. The number of carbonyl (C=O) groups excluding carboxylic acids is 1. The van der Waals surface area contributed by atoms with Gasteiger partial charge in [-0.25, -0.2) is 4.79 Å². The molecule has 0 aliphatic heterocycles. The van der Waals surface area contributed by atoms with Crippen molar-refractivity contribution in [3.8, 4) is 0 Å². The van der Waals surface area contributed by atoms with Crippen LogP contribution in [-0.4, -0.2) is 17.7 Å². The predicted molar refractivity (Wildman–Crippen MR) is 91.9 cm³/mol. The molecule has 23 heavy (non-hydrogen) atoms. The zero-order chi connectivity index (χ0) is 17.0. The molecule has 1 unspecified atom stereocenters. The topological polar surface area (TPSA) is 46.5 Å². The van der Waals surface area contributed by atoms with Gasteiger partial charge < -0.3 is 9.84 Å². The Hall–Kier alpha value is -1.55. The summed E-state index contributed by atoms with van der Waals surface area (Å²) < 4.78 is 5.09. The molecule has 2 rings (SSSR count). The number of rotatable bonds is 5. The Labute approximate surface area is 145 Å². The number of carbonyl (C=O) groups is 1. The first-order chi connectivity index (χ1) is 10.9. The highest BCUT2D eigenvalue weighted by atomic mass is 35.5. The highest BCUT2D eigenvalue weighted by Crippen LogP contribution is 2.34. The molecule has 0 radical (unpaired) electrons. The van der Waals surface area contributed by atoms with Gasteiger partial charge in [-0.2, -0.15) is 0 Å². The third-order valence-corrected chi connectivity index (χ3v) is 4.30. The van der Waals surface area contributed by atoms with Crippen molar-refractivity contribution in [2.45, 2.75) is 25.9 Å². The molecule has 0 aliphatic carbocycles. The minimum Gasteiger partial charge on any atom is -0.463 e. The second-order valence-corrected chi connectivity index (χ2v) is 5.94. The van der Waals surface area contributed by atoms with Crippen molar-refractivity contribution < 1.29 is 14.6 Å². The van der Waals surface area contributed by atoms with Gasteiger partial charge in [-0.05, 0) is 48.2 Å². The number of hydrogen-bond donors (Lipinski definition) is 1. The van der Waals surface area contributed by atoms with Crippen molar-refractivity contribution in [3.05, 3.63) is 69.2 Å². The van der Waals surface area contributed by atoms with E-state index in [-0.39, 0.29) is 6.61 Å². The van der Waals surface area contributed by atoms with Crippen LogP contribution in [0, 0.1) is 0 Å². The molecule has 0 aromatic heterocycles. The summed E-state index contributed by atoms with van der Waals surface area (Å²) in [4.78, 5) is 12.5. The smallest absolute Gasteiger partial charge is 0.347 e. The van der Waals surface area contributed by atoms with Gasteiger partial charge in [0.1, 0.15) is 0 Å². The van der Waals surface area contributed by atoms with Crippen LogP contribution in [0.1, 0.15) is 30.5 Å². The van der Waals surface area contributed by atoms with Crippen LogP contribution in [0.15, 0.2) is 42.5 Å². The van der Waals surface area contributed by atoms with E-state index in [1.54, 1.807) is 49.4 Å². The predicted octanol–water partition coefficient (Wildman–Crippen LogP) is 4.35. The maximum absolute atomic E-state index is 12.5. The van der Waals surface area contributed by atoms with Crippen molar-refractivity contribution >= 4 is 29.2 Å². The lowest BCUT2D eigenvalue weighted by Crippen LogP contribution is -2.38. The molecule has 0 aliphatic rings. The summed E-state index contributed by atoms with van der Waals surface area (Å²) in [6.45, 7) is 3.82. The monoisotopic (exact) mass is 352 g/mol. The number of benzene rings is 2. The normalized spacial score (nSPS) is 13.4. The molecule has 3 nitrogen and oxygen atoms in total. The summed E-state index contributed by atoms with van der Waals surface area (Å²) in [7, 11) is 0. The average molecular weight is 353 g/mol. The van der Waals surface area contributed by atoms with Crippen LogP contribution in [0.5, 0.6) is 0 Å². The molecular weight excluding hydrogens is 335 g/mol. The summed E-state index contributed by atoms with van der Waals surface area (Å²) in [5, 5.41) is 12.3. The lowest BCUT2D eigenvalue weighted by atomic mass is 9.85. The molecule has 2 aromatic rings. The van der Waals surface area contributed by atoms with Crippen molar-refractivity contribution in [3.63, 3.8) is 0 Å². The molecule has 0 heterocycles. The second-order valence-electron chi connectivity index (χ2n) is 5.10. The van der Waals surface area contributed by atoms with Gasteiger partial charge in [-0.3, -0.25) is 0 Å². The first-order valence-corrected chi connectivity index (χ1v) is 8.13. The minimum atomic E-state index is -1.91. The van der Waals surface area contributed by atoms with Gasteiger partial charge in [-0.15, -0.1) is 0 Å². The van der Waals surface area contributed by atoms with Crippen LogP contribution < -0.4 is 0 Å². The third kappa shape index (κ3) is 3.52. The van der Waals surface area contributed by atoms with E-state index in [2.05, 4.69) is 0 Å². The Morgan fingerprint density at radius 2 is 1.70 bits per heavy atom. The molecule has 2 aromatic carbocycles. The summed E-state index contributed by atoms with van der Waals surface area (Å²) in [5.41, 5.74) is -0.250. The van der Waals surface area contributed by atoms with Crippen molar-refractivity contribution in [2.75, 3.05) is 6.61 Å². The van der Waals surface area contributed by atoms with Gasteiger partial charge >= 0.3 is 5.97 Å². The van der Waals surface area contributed by atoms with Crippen LogP contribution in [0.2, 0.25) is 10.0 Å². The molecule has 0 fully saturated rings. The Morgan fingerprint density at radius 1 is 1.09 bits per heavy atom. The van der Waals surface area contributed by atoms with Crippen molar-refractivity contribution in [1.29, 1.82) is 0 Å². The first-order valence-electron chi connectivity index (χ1n) is 7.38. The van der Waals surface area contributed by atoms with Gasteiger partial charge in [0.05, 0.1) is 6.61 Å². The van der Waals surface area contributed by atoms with Crippen LogP contribution in [0.25, 0.3) is 0 Å². The maximum Gasteiger partial charge on any atom is 0.347 e. The quantitative estimate of drug-likeness (QED) is 0.813. The summed E-state index contributed by atoms with van der Waals surface area (Å²) in [6.07, 6.45) is 0.687. The van der Waals surface area contributed by atoms with Gasteiger partial charge in [0.15, 0.2) is 0 Å². The van der Waals surface area contributed by atoms with E-state index in [9.17, 15) is 9.90 Å². The van der Waals surface area contributed by atoms with E-state index in [0.29, 0.717) is 27.6 Å². The minimum absolute atomic E-state index is 0.170. The molecular formula is C18H18Cl2O3. The maximum atomic E-state index is 12.5. The SMILES string of the molecule is CCOC(=O)C(O)(c1ccc(Cl)cc1)c1ccc(Cl)c(CC)c1. The van der Waals surface area contributed by atoms with E-state index in [1.807, 2.05) is 6.92 Å². The molecule has 0 spiro atoms. The number of halogens is 2. The van der Waals surface area contributed by atoms with Gasteiger partial charge in [0.25, 0.3) is 0 Å². The molecule has 0 saturated heterocycles. The molecule has 0 amide bonds. The largest absolute Gasteiger partial charge is 0.463 e. The number of hydrogen-bond acceptors (Lipinski definition) is 3. The van der Waals surface area contributed by atoms with Gasteiger partial charge in [0.2, 0.25) is 5.60 Å². The molecule has 0 bridgehead atoms. The van der Waals surface area contributed by atoms with Crippen LogP contribution >= 0.6 is 23.2 Å². The fourth-order valence-electron chi connectivity index (χ4n) is 2.40. The first kappa shape index (κ1) is 17.8. The highest BCUT2D eigenvalue weighted by Gasteiger charge is 2.41. The van der Waals surface area contributed by atoms with E-state index in [4.69, 9.17) is 27.9 Å². The Bertz CT molecular complexity index is 698. The number of aliphatic hydroxyl groups is 1. The van der Waals surface area contributed by atoms with E-state index >= 15 is 0 Å². The van der Waals surface area contributed by atoms with Gasteiger partial charge in [0, 0.05) is 10.0 Å². The number of esters is 1. The third-order valence-electron chi connectivity index (χ3n) is 3.68. The molecule has 0 saturated carbocycles. The zero-order valence-electron chi connectivity index (χ0n) is 13.0. The van der Waals surface area contributed by atoms with Crippen molar-refractivity contribution in [1.82, 2.24) is 0 Å². The van der Waals surface area contributed by atoms with E-state index in [1.165, 1.54) is 0 Å². The Kier molecular flexibility index (Phi) is 5.69. The zero-order valence-corrected chi connectivity index (χ0v) is 14.5.